The van der Waals surface area contributed by atoms with Crippen LogP contribution in [0.1, 0.15) is 38.5 Å². The molecule has 20 heavy (non-hydrogen) atoms. The lowest BCUT2D eigenvalue weighted by atomic mass is 9.84. The second kappa shape index (κ2) is 6.12. The molecule has 3 atom stereocenters. The third kappa shape index (κ3) is 3.14. The standard InChI is InChI=1S/C15H25N3O2/c19-14-4-3-12-10-18(7-5-13(12)17-14)15(20)8-11-2-1-6-16-9-11/h11-13,16H,1-10H2,(H,17,19). The van der Waals surface area contributed by atoms with E-state index >= 15 is 0 Å². The van der Waals surface area contributed by atoms with Crippen LogP contribution in [0, 0.1) is 11.8 Å². The Morgan fingerprint density at radius 2 is 2.20 bits per heavy atom. The van der Waals surface area contributed by atoms with Gasteiger partial charge in [0.15, 0.2) is 0 Å². The van der Waals surface area contributed by atoms with Gasteiger partial charge in [-0.05, 0) is 50.6 Å². The molecule has 3 aliphatic rings. The van der Waals surface area contributed by atoms with E-state index in [9.17, 15) is 9.59 Å². The van der Waals surface area contributed by atoms with E-state index in [1.165, 1.54) is 12.8 Å². The van der Waals surface area contributed by atoms with E-state index in [0.29, 0.717) is 36.6 Å². The SMILES string of the molecule is O=C1CCC2CN(C(=O)CC3CCCNC3)CCC2N1. The number of nitrogens with zero attached hydrogens (tertiary/aromatic N) is 1. The first-order chi connectivity index (χ1) is 9.72. The molecule has 5 heteroatoms. The van der Waals surface area contributed by atoms with Crippen molar-refractivity contribution in [1.82, 2.24) is 15.5 Å². The molecule has 3 fully saturated rings. The van der Waals surface area contributed by atoms with Crippen LogP contribution in [0.5, 0.6) is 0 Å². The van der Waals surface area contributed by atoms with Gasteiger partial charge in [0.05, 0.1) is 0 Å². The van der Waals surface area contributed by atoms with Crippen LogP contribution >= 0.6 is 0 Å². The molecule has 0 aromatic heterocycles. The van der Waals surface area contributed by atoms with E-state index in [0.717, 1.165) is 39.0 Å². The molecule has 3 heterocycles. The summed E-state index contributed by atoms with van der Waals surface area (Å²) in [6, 6.07) is 0.302. The molecule has 3 saturated heterocycles. The summed E-state index contributed by atoms with van der Waals surface area (Å²) in [6.45, 7) is 3.73. The first kappa shape index (κ1) is 13.9. The molecule has 0 aromatic rings. The highest BCUT2D eigenvalue weighted by Gasteiger charge is 2.35. The Morgan fingerprint density at radius 1 is 1.30 bits per heavy atom. The summed E-state index contributed by atoms with van der Waals surface area (Å²) >= 11 is 0. The minimum absolute atomic E-state index is 0.180. The Balaban J connectivity index is 1.50. The quantitative estimate of drug-likeness (QED) is 0.774. The lowest BCUT2D eigenvalue weighted by Crippen LogP contribution is -2.55. The molecule has 0 aliphatic carbocycles. The zero-order valence-electron chi connectivity index (χ0n) is 12.1. The van der Waals surface area contributed by atoms with Gasteiger partial charge in [0.2, 0.25) is 11.8 Å². The highest BCUT2D eigenvalue weighted by molar-refractivity contribution is 5.78. The summed E-state index contributed by atoms with van der Waals surface area (Å²) in [6.07, 6.45) is 5.53. The molecular formula is C15H25N3O2. The van der Waals surface area contributed by atoms with Crippen molar-refractivity contribution in [2.75, 3.05) is 26.2 Å². The number of hydrogen-bond donors (Lipinski definition) is 2. The number of hydrogen-bond acceptors (Lipinski definition) is 3. The van der Waals surface area contributed by atoms with Gasteiger partial charge in [0.1, 0.15) is 0 Å². The minimum atomic E-state index is 0.180. The maximum atomic E-state index is 12.4. The van der Waals surface area contributed by atoms with Gasteiger partial charge in [-0.1, -0.05) is 0 Å². The first-order valence-electron chi connectivity index (χ1n) is 8.00. The highest BCUT2D eigenvalue weighted by Crippen LogP contribution is 2.26. The zero-order valence-corrected chi connectivity index (χ0v) is 12.1. The fourth-order valence-corrected chi connectivity index (χ4v) is 3.81. The molecule has 3 unspecified atom stereocenters. The number of amides is 2. The number of nitrogens with one attached hydrogen (secondary N) is 2. The molecule has 2 N–H and O–H groups in total. The summed E-state index contributed by atoms with van der Waals surface area (Å²) in [7, 11) is 0. The predicted molar refractivity (Wildman–Crippen MR) is 76.1 cm³/mol. The van der Waals surface area contributed by atoms with Crippen molar-refractivity contribution in [1.29, 1.82) is 0 Å². The molecule has 3 aliphatic heterocycles. The Labute approximate surface area is 120 Å². The molecule has 112 valence electrons. The van der Waals surface area contributed by atoms with Crippen molar-refractivity contribution in [2.45, 2.75) is 44.6 Å². The largest absolute Gasteiger partial charge is 0.353 e. The lowest BCUT2D eigenvalue weighted by Gasteiger charge is -2.41. The Hall–Kier alpha value is -1.10. The van der Waals surface area contributed by atoms with Crippen LogP contribution in [0.15, 0.2) is 0 Å². The monoisotopic (exact) mass is 279 g/mol. The van der Waals surface area contributed by atoms with Gasteiger partial charge in [-0.3, -0.25) is 9.59 Å². The summed E-state index contributed by atoms with van der Waals surface area (Å²) in [5.74, 6) is 1.48. The Morgan fingerprint density at radius 3 is 3.00 bits per heavy atom. The average Bonchev–Trinajstić information content (AvgIpc) is 2.47. The third-order valence-electron chi connectivity index (χ3n) is 5.04. The van der Waals surface area contributed by atoms with Crippen molar-refractivity contribution in [3.63, 3.8) is 0 Å². The molecule has 0 radical (unpaired) electrons. The summed E-state index contributed by atoms with van der Waals surface area (Å²) in [5, 5.41) is 6.45. The summed E-state index contributed by atoms with van der Waals surface area (Å²) < 4.78 is 0. The molecule has 0 aromatic carbocycles. The van der Waals surface area contributed by atoms with Gasteiger partial charge in [-0.2, -0.15) is 0 Å². The smallest absolute Gasteiger partial charge is 0.222 e. The third-order valence-corrected chi connectivity index (χ3v) is 5.04. The number of fused-ring (bicyclic) bond motifs is 1. The highest BCUT2D eigenvalue weighted by atomic mass is 16.2. The first-order valence-corrected chi connectivity index (χ1v) is 8.00. The molecule has 0 spiro atoms. The second-order valence-electron chi connectivity index (χ2n) is 6.52. The average molecular weight is 279 g/mol. The molecule has 2 amide bonds. The van der Waals surface area contributed by atoms with Gasteiger partial charge in [0, 0.05) is 32.0 Å². The van der Waals surface area contributed by atoms with Crippen molar-refractivity contribution >= 4 is 11.8 Å². The number of carbonyl (C=O) groups excluding carboxylic acids is 2. The van der Waals surface area contributed by atoms with Crippen molar-refractivity contribution in [2.24, 2.45) is 11.8 Å². The topological polar surface area (TPSA) is 61.4 Å². The number of rotatable bonds is 2. The second-order valence-corrected chi connectivity index (χ2v) is 6.52. The van der Waals surface area contributed by atoms with Crippen LogP contribution in [0.2, 0.25) is 0 Å². The summed E-state index contributed by atoms with van der Waals surface area (Å²) in [4.78, 5) is 25.8. The van der Waals surface area contributed by atoms with Crippen LogP contribution in [-0.2, 0) is 9.59 Å². The van der Waals surface area contributed by atoms with Gasteiger partial charge in [-0.15, -0.1) is 0 Å². The van der Waals surface area contributed by atoms with Gasteiger partial charge >= 0.3 is 0 Å². The van der Waals surface area contributed by atoms with E-state index in [1.807, 2.05) is 4.90 Å². The van der Waals surface area contributed by atoms with E-state index in [1.54, 1.807) is 0 Å². The normalized spacial score (nSPS) is 34.3. The Kier molecular flexibility index (Phi) is 4.24. The summed E-state index contributed by atoms with van der Waals surface area (Å²) in [5.41, 5.74) is 0. The van der Waals surface area contributed by atoms with E-state index in [2.05, 4.69) is 10.6 Å². The lowest BCUT2D eigenvalue weighted by molar-refractivity contribution is -0.135. The van der Waals surface area contributed by atoms with Gasteiger partial charge < -0.3 is 15.5 Å². The van der Waals surface area contributed by atoms with Gasteiger partial charge in [0.25, 0.3) is 0 Å². The zero-order chi connectivity index (χ0) is 13.9. The van der Waals surface area contributed by atoms with Crippen molar-refractivity contribution in [3.8, 4) is 0 Å². The maximum absolute atomic E-state index is 12.4. The number of carbonyl (C=O) groups is 2. The fraction of sp³-hybridized carbons (Fsp3) is 0.867. The van der Waals surface area contributed by atoms with Crippen LogP contribution in [0.25, 0.3) is 0 Å². The molecule has 5 nitrogen and oxygen atoms in total. The van der Waals surface area contributed by atoms with Crippen LogP contribution in [0.3, 0.4) is 0 Å². The van der Waals surface area contributed by atoms with Crippen LogP contribution < -0.4 is 10.6 Å². The Bertz CT molecular complexity index is 379. The van der Waals surface area contributed by atoms with Crippen LogP contribution in [-0.4, -0.2) is 48.9 Å². The van der Waals surface area contributed by atoms with E-state index in [-0.39, 0.29) is 5.91 Å². The van der Waals surface area contributed by atoms with Crippen molar-refractivity contribution < 1.29 is 9.59 Å². The predicted octanol–water partition coefficient (Wildman–Crippen LogP) is 0.503. The van der Waals surface area contributed by atoms with Gasteiger partial charge in [-0.25, -0.2) is 0 Å². The maximum Gasteiger partial charge on any atom is 0.222 e. The fourth-order valence-electron chi connectivity index (χ4n) is 3.81. The number of piperidine rings is 3. The molecule has 0 bridgehead atoms. The molecular weight excluding hydrogens is 254 g/mol. The van der Waals surface area contributed by atoms with Crippen LogP contribution in [0.4, 0.5) is 0 Å². The molecule has 3 rings (SSSR count). The van der Waals surface area contributed by atoms with E-state index < -0.39 is 0 Å². The number of likely N-dealkylation sites (tertiary alicyclic amines) is 1. The van der Waals surface area contributed by atoms with E-state index in [4.69, 9.17) is 0 Å². The molecule has 0 saturated carbocycles. The minimum Gasteiger partial charge on any atom is -0.353 e. The van der Waals surface area contributed by atoms with Crippen molar-refractivity contribution in [3.05, 3.63) is 0 Å².